The fourth-order valence-corrected chi connectivity index (χ4v) is 11.0. The van der Waals surface area contributed by atoms with Crippen molar-refractivity contribution in [3.8, 4) is 44.5 Å². The third-order valence-electron chi connectivity index (χ3n) is 13.6. The lowest BCUT2D eigenvalue weighted by atomic mass is 9.79. The Bertz CT molecular complexity index is 3740. The van der Waals surface area contributed by atoms with Crippen LogP contribution in [0.3, 0.4) is 0 Å². The summed E-state index contributed by atoms with van der Waals surface area (Å²) >= 11 is 0. The van der Waals surface area contributed by atoms with Crippen LogP contribution < -0.4 is 0 Å². The van der Waals surface area contributed by atoms with Crippen LogP contribution >= 0.6 is 0 Å². The van der Waals surface area contributed by atoms with Crippen LogP contribution in [0.25, 0.3) is 120 Å². The molecule has 0 atom stereocenters. The lowest BCUT2D eigenvalue weighted by Gasteiger charge is -2.23. The van der Waals surface area contributed by atoms with Gasteiger partial charge in [0.25, 0.3) is 0 Å². The first-order chi connectivity index (χ1) is 29.5. The molecule has 1 heterocycles. The molecule has 0 saturated carbocycles. The van der Waals surface area contributed by atoms with Gasteiger partial charge in [0.15, 0.2) is 0 Å². The molecule has 0 amide bonds. The predicted molar refractivity (Wildman–Crippen MR) is 255 cm³/mol. The molecule has 0 radical (unpaired) electrons. The molecule has 0 spiro atoms. The molecule has 60 heavy (non-hydrogen) atoms. The Morgan fingerprint density at radius 3 is 1.60 bits per heavy atom. The van der Waals surface area contributed by atoms with Gasteiger partial charge in [-0.1, -0.05) is 190 Å². The first-order valence-corrected chi connectivity index (χ1v) is 21.0. The molecule has 1 aliphatic rings. The maximum atomic E-state index is 6.67. The van der Waals surface area contributed by atoms with E-state index < -0.39 is 0 Å². The summed E-state index contributed by atoms with van der Waals surface area (Å²) in [6.07, 6.45) is 0. The van der Waals surface area contributed by atoms with Crippen LogP contribution in [0.5, 0.6) is 0 Å². The van der Waals surface area contributed by atoms with Crippen LogP contribution in [-0.4, -0.2) is 0 Å². The van der Waals surface area contributed by atoms with Gasteiger partial charge in [-0.3, -0.25) is 0 Å². The van der Waals surface area contributed by atoms with Crippen molar-refractivity contribution in [1.29, 1.82) is 0 Å². The van der Waals surface area contributed by atoms with Crippen molar-refractivity contribution in [3.63, 3.8) is 0 Å². The van der Waals surface area contributed by atoms with Gasteiger partial charge in [0.2, 0.25) is 0 Å². The van der Waals surface area contributed by atoms with Crippen molar-refractivity contribution in [2.24, 2.45) is 0 Å². The number of rotatable bonds is 3. The zero-order chi connectivity index (χ0) is 39.7. The molecule has 11 aromatic carbocycles. The van der Waals surface area contributed by atoms with E-state index in [9.17, 15) is 0 Å². The Hall–Kier alpha value is -7.48. The zero-order valence-electron chi connectivity index (χ0n) is 33.4. The fourth-order valence-electron chi connectivity index (χ4n) is 11.0. The summed E-state index contributed by atoms with van der Waals surface area (Å²) < 4.78 is 6.67. The third kappa shape index (κ3) is 4.52. The van der Waals surface area contributed by atoms with Crippen molar-refractivity contribution in [2.75, 3.05) is 0 Å². The minimum Gasteiger partial charge on any atom is -0.455 e. The van der Waals surface area contributed by atoms with Crippen LogP contribution in [0, 0.1) is 0 Å². The number of benzene rings is 11. The highest BCUT2D eigenvalue weighted by molar-refractivity contribution is 6.26. The Balaban J connectivity index is 1.02. The predicted octanol–water partition coefficient (Wildman–Crippen LogP) is 16.7. The van der Waals surface area contributed by atoms with Crippen LogP contribution in [0.2, 0.25) is 0 Å². The molecule has 1 aliphatic carbocycles. The van der Waals surface area contributed by atoms with E-state index in [1.54, 1.807) is 0 Å². The van der Waals surface area contributed by atoms with E-state index in [4.69, 9.17) is 4.42 Å². The lowest BCUT2D eigenvalue weighted by Crippen LogP contribution is -2.15. The number of fused-ring (bicyclic) bond motifs is 13. The molecule has 0 aliphatic heterocycles. The minimum absolute atomic E-state index is 0.206. The van der Waals surface area contributed by atoms with Crippen LogP contribution in [0.4, 0.5) is 0 Å². The molecule has 0 saturated heterocycles. The topological polar surface area (TPSA) is 13.1 Å². The van der Waals surface area contributed by atoms with E-state index in [0.717, 1.165) is 11.2 Å². The maximum absolute atomic E-state index is 6.67. The van der Waals surface area contributed by atoms with Gasteiger partial charge in [-0.05, 0) is 122 Å². The number of hydrogen-bond donors (Lipinski definition) is 0. The van der Waals surface area contributed by atoms with Gasteiger partial charge in [0, 0.05) is 21.6 Å². The second kappa shape index (κ2) is 12.3. The highest BCUT2D eigenvalue weighted by Crippen LogP contribution is 2.54. The van der Waals surface area contributed by atoms with E-state index >= 15 is 0 Å². The molecule has 12 aromatic rings. The summed E-state index contributed by atoms with van der Waals surface area (Å²) in [6, 6.07) is 71.9. The monoisotopic (exact) mass is 762 g/mol. The molecular formula is C59H38O. The molecule has 0 unspecified atom stereocenters. The molecule has 0 fully saturated rings. The Morgan fingerprint density at radius 1 is 0.350 bits per heavy atom. The summed E-state index contributed by atoms with van der Waals surface area (Å²) in [5, 5.41) is 14.9. The summed E-state index contributed by atoms with van der Waals surface area (Å²) in [5.41, 5.74) is 14.6. The van der Waals surface area contributed by atoms with Gasteiger partial charge in [-0.15, -0.1) is 0 Å². The van der Waals surface area contributed by atoms with Crippen LogP contribution in [0.1, 0.15) is 25.0 Å². The summed E-state index contributed by atoms with van der Waals surface area (Å²) in [5.74, 6) is 0. The van der Waals surface area contributed by atoms with Gasteiger partial charge in [0.1, 0.15) is 11.2 Å². The fraction of sp³-hybridized carbons (Fsp3) is 0.0508. The average molecular weight is 763 g/mol. The highest BCUT2D eigenvalue weighted by Gasteiger charge is 2.38. The van der Waals surface area contributed by atoms with Gasteiger partial charge in [-0.2, -0.15) is 0 Å². The first kappa shape index (κ1) is 33.5. The Morgan fingerprint density at radius 2 is 0.883 bits per heavy atom. The Labute approximate surface area is 347 Å². The summed E-state index contributed by atoms with van der Waals surface area (Å²) in [6.45, 7) is 4.76. The van der Waals surface area contributed by atoms with Crippen molar-refractivity contribution >= 4 is 75.8 Å². The van der Waals surface area contributed by atoms with Crippen molar-refractivity contribution < 1.29 is 4.42 Å². The molecule has 280 valence electrons. The number of hydrogen-bond acceptors (Lipinski definition) is 1. The number of furan rings is 1. The van der Waals surface area contributed by atoms with Crippen molar-refractivity contribution in [1.82, 2.24) is 0 Å². The quantitative estimate of drug-likeness (QED) is 0.163. The highest BCUT2D eigenvalue weighted by atomic mass is 16.3. The van der Waals surface area contributed by atoms with Crippen LogP contribution in [0.15, 0.2) is 199 Å². The summed E-state index contributed by atoms with van der Waals surface area (Å²) in [7, 11) is 0. The van der Waals surface area contributed by atoms with E-state index in [1.165, 1.54) is 120 Å². The van der Waals surface area contributed by atoms with Gasteiger partial charge in [0.05, 0.1) is 0 Å². The molecule has 1 aromatic heterocycles. The molecule has 1 nitrogen and oxygen atoms in total. The van der Waals surface area contributed by atoms with E-state index in [2.05, 4.69) is 208 Å². The van der Waals surface area contributed by atoms with Gasteiger partial charge < -0.3 is 4.42 Å². The summed E-state index contributed by atoms with van der Waals surface area (Å²) in [4.78, 5) is 0. The molecule has 1 heteroatoms. The first-order valence-electron chi connectivity index (χ1n) is 21.0. The van der Waals surface area contributed by atoms with Crippen molar-refractivity contribution in [3.05, 3.63) is 205 Å². The largest absolute Gasteiger partial charge is 0.455 e. The van der Waals surface area contributed by atoms with E-state index in [-0.39, 0.29) is 5.41 Å². The third-order valence-corrected chi connectivity index (χ3v) is 13.6. The smallest absolute Gasteiger partial charge is 0.143 e. The second-order valence-electron chi connectivity index (χ2n) is 17.1. The lowest BCUT2D eigenvalue weighted by molar-refractivity contribution is 0.656. The molecule has 0 bridgehead atoms. The molecule has 0 N–H and O–H groups in total. The average Bonchev–Trinajstić information content (AvgIpc) is 3.79. The standard InChI is InChI=1S/C59H38O/c1-59(2)52-33-28-37(34-51(52)49-29-26-36-27-30-50-42-19-11-12-25-53(42)60-58(50)54(36)57(49)59)39-31-32-48(41-18-6-5-17-40(39)41)56-46-22-9-7-20-44(46)55(45-21-8-10-23-47(45)56)43-24-13-15-35-14-3-4-16-38(35)43/h3-34H,1-2H3. The minimum atomic E-state index is -0.206. The number of para-hydroxylation sites is 1. The normalized spacial score (nSPS) is 13.3. The zero-order valence-corrected chi connectivity index (χ0v) is 33.4. The van der Waals surface area contributed by atoms with E-state index in [0.29, 0.717) is 0 Å². The Kier molecular flexibility index (Phi) is 6.85. The van der Waals surface area contributed by atoms with E-state index in [1.807, 2.05) is 0 Å². The van der Waals surface area contributed by atoms with Crippen LogP contribution in [-0.2, 0) is 5.41 Å². The maximum Gasteiger partial charge on any atom is 0.143 e. The van der Waals surface area contributed by atoms with Gasteiger partial charge >= 0.3 is 0 Å². The second-order valence-corrected chi connectivity index (χ2v) is 17.1. The SMILES string of the molecule is CC1(C)c2ccc(-c3ccc(-c4c5ccccc5c(-c5cccc6ccccc56)c5ccccc45)c4ccccc34)cc2-c2ccc3ccc4c5ccccc5oc4c3c21. The van der Waals surface area contributed by atoms with Gasteiger partial charge in [-0.25, -0.2) is 0 Å². The molecule has 13 rings (SSSR count). The van der Waals surface area contributed by atoms with Crippen molar-refractivity contribution in [2.45, 2.75) is 19.3 Å². The molecular weight excluding hydrogens is 725 g/mol.